The lowest BCUT2D eigenvalue weighted by molar-refractivity contribution is -0.137. The normalized spacial score (nSPS) is 19.4. The van der Waals surface area contributed by atoms with Crippen LogP contribution in [0.3, 0.4) is 0 Å². The Morgan fingerprint density at radius 2 is 1.58 bits per heavy atom. The van der Waals surface area contributed by atoms with Crippen molar-refractivity contribution in [3.63, 3.8) is 0 Å². The van der Waals surface area contributed by atoms with Crippen LogP contribution < -0.4 is 10.2 Å². The molecule has 0 unspecified atom stereocenters. The zero-order valence-corrected chi connectivity index (χ0v) is 14.9. The first kappa shape index (κ1) is 19.0. The Morgan fingerprint density at radius 1 is 0.962 bits per heavy atom. The molecule has 0 bridgehead atoms. The highest BCUT2D eigenvalue weighted by Gasteiger charge is 2.32. The maximum absolute atomic E-state index is 13.1. The van der Waals surface area contributed by atoms with Crippen LogP contribution in [-0.4, -0.2) is 43.5 Å². The highest BCUT2D eigenvalue weighted by Crippen LogP contribution is 2.36. The van der Waals surface area contributed by atoms with E-state index in [9.17, 15) is 18.0 Å². The SMILES string of the molecule is O=C(CN1CCCCCC1)Nc1cc(C(F)(F)F)ccc1N1CCCC1. The van der Waals surface area contributed by atoms with E-state index in [1.54, 1.807) is 0 Å². The van der Waals surface area contributed by atoms with Gasteiger partial charge >= 0.3 is 6.18 Å². The van der Waals surface area contributed by atoms with Crippen LogP contribution in [0.25, 0.3) is 0 Å². The highest BCUT2D eigenvalue weighted by atomic mass is 19.4. The van der Waals surface area contributed by atoms with Gasteiger partial charge in [-0.05, 0) is 57.0 Å². The second-order valence-electron chi connectivity index (χ2n) is 7.16. The van der Waals surface area contributed by atoms with E-state index in [4.69, 9.17) is 0 Å². The Bertz CT molecular complexity index is 619. The van der Waals surface area contributed by atoms with Gasteiger partial charge in [0.05, 0.1) is 23.5 Å². The van der Waals surface area contributed by atoms with Gasteiger partial charge in [-0.15, -0.1) is 0 Å². The van der Waals surface area contributed by atoms with Crippen molar-refractivity contribution in [1.29, 1.82) is 0 Å². The van der Waals surface area contributed by atoms with Crippen LogP contribution in [-0.2, 0) is 11.0 Å². The summed E-state index contributed by atoms with van der Waals surface area (Å²) in [5.74, 6) is -0.244. The summed E-state index contributed by atoms with van der Waals surface area (Å²) >= 11 is 0. The molecule has 1 amide bonds. The number of rotatable bonds is 4. The Labute approximate surface area is 152 Å². The van der Waals surface area contributed by atoms with Gasteiger partial charge in [0.15, 0.2) is 0 Å². The molecule has 0 atom stereocenters. The van der Waals surface area contributed by atoms with E-state index < -0.39 is 11.7 Å². The third kappa shape index (κ3) is 4.90. The third-order valence-corrected chi connectivity index (χ3v) is 5.11. The van der Waals surface area contributed by atoms with Gasteiger partial charge in [0.1, 0.15) is 0 Å². The van der Waals surface area contributed by atoms with Crippen molar-refractivity contribution >= 4 is 17.3 Å². The standard InChI is InChI=1S/C19H26F3N3O/c20-19(21,22)15-7-8-17(25-11-5-6-12-25)16(13-15)23-18(26)14-24-9-3-1-2-4-10-24/h7-8,13H,1-6,9-12,14H2,(H,23,26). The number of alkyl halides is 3. The van der Waals surface area contributed by atoms with E-state index >= 15 is 0 Å². The van der Waals surface area contributed by atoms with Gasteiger partial charge in [0.2, 0.25) is 5.91 Å². The summed E-state index contributed by atoms with van der Waals surface area (Å²) in [6.07, 6.45) is 2.08. The molecule has 2 saturated heterocycles. The molecule has 0 aromatic heterocycles. The van der Waals surface area contributed by atoms with Gasteiger partial charge in [-0.25, -0.2) is 0 Å². The number of halogens is 3. The average molecular weight is 369 g/mol. The molecule has 1 aromatic rings. The molecule has 4 nitrogen and oxygen atoms in total. The number of likely N-dealkylation sites (tertiary alicyclic amines) is 1. The largest absolute Gasteiger partial charge is 0.416 e. The fraction of sp³-hybridized carbons (Fsp3) is 0.632. The summed E-state index contributed by atoms with van der Waals surface area (Å²) in [6, 6.07) is 3.64. The van der Waals surface area contributed by atoms with Crippen LogP contribution >= 0.6 is 0 Å². The lowest BCUT2D eigenvalue weighted by Gasteiger charge is -2.24. The molecular weight excluding hydrogens is 343 g/mol. The third-order valence-electron chi connectivity index (χ3n) is 5.11. The first-order valence-electron chi connectivity index (χ1n) is 9.42. The monoisotopic (exact) mass is 369 g/mol. The molecule has 0 aliphatic carbocycles. The van der Waals surface area contributed by atoms with Crippen molar-refractivity contribution < 1.29 is 18.0 Å². The predicted octanol–water partition coefficient (Wildman–Crippen LogP) is 4.12. The van der Waals surface area contributed by atoms with Gasteiger partial charge < -0.3 is 10.2 Å². The van der Waals surface area contributed by atoms with Crippen LogP contribution in [0.4, 0.5) is 24.5 Å². The van der Waals surface area contributed by atoms with Crippen molar-refractivity contribution in [2.45, 2.75) is 44.7 Å². The number of carbonyl (C=O) groups is 1. The first-order chi connectivity index (χ1) is 12.4. The number of hydrogen-bond donors (Lipinski definition) is 1. The van der Waals surface area contributed by atoms with Crippen LogP contribution in [0.15, 0.2) is 18.2 Å². The van der Waals surface area contributed by atoms with E-state index in [0.29, 0.717) is 5.69 Å². The van der Waals surface area contributed by atoms with E-state index in [1.807, 2.05) is 4.90 Å². The van der Waals surface area contributed by atoms with Gasteiger partial charge in [0, 0.05) is 13.1 Å². The Morgan fingerprint density at radius 3 is 2.19 bits per heavy atom. The number of nitrogens with one attached hydrogen (secondary N) is 1. The molecule has 3 rings (SSSR count). The molecule has 2 heterocycles. The number of benzene rings is 1. The summed E-state index contributed by atoms with van der Waals surface area (Å²) in [4.78, 5) is 16.6. The molecule has 2 fully saturated rings. The molecule has 0 radical (unpaired) electrons. The smallest absolute Gasteiger partial charge is 0.370 e. The quantitative estimate of drug-likeness (QED) is 0.867. The second-order valence-corrected chi connectivity index (χ2v) is 7.16. The maximum Gasteiger partial charge on any atom is 0.416 e. The van der Waals surface area contributed by atoms with Gasteiger partial charge in [-0.2, -0.15) is 13.2 Å². The number of carbonyl (C=O) groups excluding carboxylic acids is 1. The minimum absolute atomic E-state index is 0.232. The average Bonchev–Trinajstić information content (AvgIpc) is 2.99. The fourth-order valence-electron chi connectivity index (χ4n) is 3.73. The van der Waals surface area contributed by atoms with Crippen LogP contribution in [0.1, 0.15) is 44.1 Å². The fourth-order valence-corrected chi connectivity index (χ4v) is 3.73. The predicted molar refractivity (Wildman–Crippen MR) is 96.4 cm³/mol. The molecule has 7 heteroatoms. The maximum atomic E-state index is 13.1. The van der Waals surface area contributed by atoms with Crippen molar-refractivity contribution in [1.82, 2.24) is 4.90 Å². The van der Waals surface area contributed by atoms with Crippen LogP contribution in [0, 0.1) is 0 Å². The molecule has 2 aliphatic heterocycles. The van der Waals surface area contributed by atoms with Gasteiger partial charge in [0.25, 0.3) is 0 Å². The van der Waals surface area contributed by atoms with Gasteiger partial charge in [-0.3, -0.25) is 9.69 Å². The van der Waals surface area contributed by atoms with E-state index in [0.717, 1.165) is 64.0 Å². The van der Waals surface area contributed by atoms with Crippen molar-refractivity contribution in [2.75, 3.05) is 42.9 Å². The molecule has 0 spiro atoms. The summed E-state index contributed by atoms with van der Waals surface area (Å²) in [6.45, 7) is 3.58. The van der Waals surface area contributed by atoms with Crippen LogP contribution in [0.5, 0.6) is 0 Å². The van der Waals surface area contributed by atoms with E-state index in [-0.39, 0.29) is 18.1 Å². The minimum Gasteiger partial charge on any atom is -0.370 e. The number of hydrogen-bond acceptors (Lipinski definition) is 3. The summed E-state index contributed by atoms with van der Waals surface area (Å²) < 4.78 is 39.3. The highest BCUT2D eigenvalue weighted by molar-refractivity contribution is 5.95. The van der Waals surface area contributed by atoms with E-state index in [2.05, 4.69) is 10.2 Å². The molecule has 0 saturated carbocycles. The van der Waals surface area contributed by atoms with Crippen molar-refractivity contribution in [2.24, 2.45) is 0 Å². The van der Waals surface area contributed by atoms with Crippen LogP contribution in [0.2, 0.25) is 0 Å². The van der Waals surface area contributed by atoms with Crippen molar-refractivity contribution in [3.8, 4) is 0 Å². The molecule has 2 aliphatic rings. The van der Waals surface area contributed by atoms with E-state index in [1.165, 1.54) is 18.9 Å². The Balaban J connectivity index is 1.75. The first-order valence-corrected chi connectivity index (χ1v) is 9.42. The minimum atomic E-state index is -4.42. The summed E-state index contributed by atoms with van der Waals surface area (Å²) in [7, 11) is 0. The number of amides is 1. The number of nitrogens with zero attached hydrogens (tertiary/aromatic N) is 2. The number of anilines is 2. The topological polar surface area (TPSA) is 35.6 Å². The summed E-state index contributed by atoms with van der Waals surface area (Å²) in [5, 5.41) is 2.75. The second kappa shape index (κ2) is 8.29. The zero-order valence-electron chi connectivity index (χ0n) is 14.9. The molecule has 1 N–H and O–H groups in total. The Kier molecular flexibility index (Phi) is 6.06. The summed E-state index contributed by atoms with van der Waals surface area (Å²) in [5.41, 5.74) is 0.215. The lowest BCUT2D eigenvalue weighted by Crippen LogP contribution is -2.34. The molecule has 144 valence electrons. The molecule has 26 heavy (non-hydrogen) atoms. The Hall–Kier alpha value is -1.76. The lowest BCUT2D eigenvalue weighted by atomic mass is 10.1. The molecular formula is C19H26F3N3O. The van der Waals surface area contributed by atoms with Crippen molar-refractivity contribution in [3.05, 3.63) is 23.8 Å². The van der Waals surface area contributed by atoms with Gasteiger partial charge in [-0.1, -0.05) is 12.8 Å². The zero-order chi connectivity index (χ0) is 18.6. The molecule has 1 aromatic carbocycles.